The van der Waals surface area contributed by atoms with E-state index < -0.39 is 10.0 Å². The quantitative estimate of drug-likeness (QED) is 0.646. The van der Waals surface area contributed by atoms with Crippen molar-refractivity contribution >= 4 is 43.2 Å². The van der Waals surface area contributed by atoms with Gasteiger partial charge in [-0.1, -0.05) is 0 Å². The number of thiazole rings is 1. The highest BCUT2D eigenvalue weighted by molar-refractivity contribution is 7.89. The van der Waals surface area contributed by atoms with Crippen LogP contribution in [0.5, 0.6) is 5.75 Å². The predicted molar refractivity (Wildman–Crippen MR) is 120 cm³/mol. The highest BCUT2D eigenvalue weighted by Gasteiger charge is 2.37. The zero-order valence-electron chi connectivity index (χ0n) is 17.1. The molecule has 2 aromatic carbocycles. The number of piperidine rings is 1. The molecule has 0 unspecified atom stereocenters. The number of fused-ring (bicyclic) bond motifs is 2. The van der Waals surface area contributed by atoms with Gasteiger partial charge in [0.05, 0.1) is 27.2 Å². The lowest BCUT2D eigenvalue weighted by atomic mass is 9.92. The van der Waals surface area contributed by atoms with Crippen molar-refractivity contribution in [1.82, 2.24) is 9.29 Å². The molecule has 2 aliphatic rings. The van der Waals surface area contributed by atoms with Crippen LogP contribution in [0.2, 0.25) is 0 Å². The van der Waals surface area contributed by atoms with Gasteiger partial charge in [0.1, 0.15) is 5.75 Å². The average Bonchev–Trinajstić information content (AvgIpc) is 3.41. The van der Waals surface area contributed by atoms with Crippen molar-refractivity contribution in [2.75, 3.05) is 18.5 Å². The first-order chi connectivity index (χ1) is 14.9. The van der Waals surface area contributed by atoms with Crippen LogP contribution in [0.1, 0.15) is 25.3 Å². The Hall–Kier alpha value is -2.49. The predicted octanol–water partition coefficient (Wildman–Crippen LogP) is 3.66. The molecule has 3 heterocycles. The number of hydrogen-bond donors (Lipinski definition) is 1. The van der Waals surface area contributed by atoms with Crippen LogP contribution in [0.3, 0.4) is 0 Å². The number of aromatic nitrogens is 1. The molecular formula is C22H23N3O4S2. The molecule has 0 saturated carbocycles. The van der Waals surface area contributed by atoms with Crippen LogP contribution in [0, 0.1) is 5.92 Å². The van der Waals surface area contributed by atoms with Crippen LogP contribution in [0.4, 0.5) is 5.69 Å². The Morgan fingerprint density at radius 1 is 1.26 bits per heavy atom. The SMILES string of the molecule is C[C@H]1C[C@H](C(=O)Nc2ccc3scnc3c2)CCN1S(=O)(=O)c1ccc2c(c1)CCO2. The molecule has 1 saturated heterocycles. The van der Waals surface area contributed by atoms with Gasteiger partial charge in [0.25, 0.3) is 0 Å². The van der Waals surface area contributed by atoms with Crippen molar-refractivity contribution in [3.05, 3.63) is 47.5 Å². The fraction of sp³-hybridized carbons (Fsp3) is 0.364. The smallest absolute Gasteiger partial charge is 0.243 e. The van der Waals surface area contributed by atoms with E-state index in [4.69, 9.17) is 4.74 Å². The second-order valence-electron chi connectivity index (χ2n) is 8.08. The van der Waals surface area contributed by atoms with Gasteiger partial charge >= 0.3 is 0 Å². The monoisotopic (exact) mass is 457 g/mol. The van der Waals surface area contributed by atoms with Gasteiger partial charge in [0, 0.05) is 30.6 Å². The Morgan fingerprint density at radius 2 is 2.13 bits per heavy atom. The second kappa shape index (κ2) is 7.89. The van der Waals surface area contributed by atoms with E-state index in [1.54, 1.807) is 35.0 Å². The number of carbonyl (C=O) groups is 1. The Morgan fingerprint density at radius 3 is 2.97 bits per heavy atom. The Balaban J connectivity index is 1.27. The van der Waals surface area contributed by atoms with Crippen LogP contribution < -0.4 is 10.1 Å². The van der Waals surface area contributed by atoms with Crippen molar-refractivity contribution in [3.8, 4) is 5.75 Å². The highest BCUT2D eigenvalue weighted by Crippen LogP contribution is 2.33. The Labute approximate surface area is 185 Å². The summed E-state index contributed by atoms with van der Waals surface area (Å²) in [6.07, 6.45) is 1.70. The molecule has 2 aliphatic heterocycles. The molecule has 0 radical (unpaired) electrons. The van der Waals surface area contributed by atoms with E-state index in [2.05, 4.69) is 10.3 Å². The van der Waals surface area contributed by atoms with Crippen LogP contribution in [-0.4, -0.2) is 42.8 Å². The number of benzene rings is 2. The summed E-state index contributed by atoms with van der Waals surface area (Å²) in [5, 5.41) is 2.97. The molecule has 2 atom stereocenters. The Kier molecular flexibility index (Phi) is 5.19. The molecule has 5 rings (SSSR count). The third-order valence-corrected chi connectivity index (χ3v) is 8.87. The van der Waals surface area contributed by atoms with Gasteiger partial charge in [-0.3, -0.25) is 4.79 Å². The molecule has 0 aliphatic carbocycles. The second-order valence-corrected chi connectivity index (χ2v) is 10.9. The number of anilines is 1. The first kappa shape index (κ1) is 20.4. The van der Waals surface area contributed by atoms with Gasteiger partial charge < -0.3 is 10.1 Å². The summed E-state index contributed by atoms with van der Waals surface area (Å²) >= 11 is 1.56. The van der Waals surface area contributed by atoms with Crippen molar-refractivity contribution in [3.63, 3.8) is 0 Å². The summed E-state index contributed by atoms with van der Waals surface area (Å²) in [4.78, 5) is 17.4. The third kappa shape index (κ3) is 3.81. The van der Waals surface area contributed by atoms with Gasteiger partial charge in [0.15, 0.2) is 0 Å². The van der Waals surface area contributed by atoms with E-state index in [0.717, 1.165) is 28.0 Å². The van der Waals surface area contributed by atoms with E-state index in [1.807, 2.05) is 25.1 Å². The first-order valence-electron chi connectivity index (χ1n) is 10.3. The summed E-state index contributed by atoms with van der Waals surface area (Å²) < 4.78 is 34.6. The highest BCUT2D eigenvalue weighted by atomic mass is 32.2. The van der Waals surface area contributed by atoms with Crippen molar-refractivity contribution < 1.29 is 17.9 Å². The topological polar surface area (TPSA) is 88.6 Å². The molecule has 3 aromatic rings. The zero-order valence-corrected chi connectivity index (χ0v) is 18.7. The van der Waals surface area contributed by atoms with Gasteiger partial charge in [-0.25, -0.2) is 13.4 Å². The summed E-state index contributed by atoms with van der Waals surface area (Å²) in [6, 6.07) is 10.5. The largest absolute Gasteiger partial charge is 0.493 e. The lowest BCUT2D eigenvalue weighted by Gasteiger charge is -2.36. The van der Waals surface area contributed by atoms with Crippen LogP contribution in [0.15, 0.2) is 46.8 Å². The third-order valence-electron chi connectivity index (χ3n) is 6.05. The lowest BCUT2D eigenvalue weighted by molar-refractivity contribution is -0.121. The molecule has 31 heavy (non-hydrogen) atoms. The van der Waals surface area contributed by atoms with Crippen molar-refractivity contribution in [1.29, 1.82) is 0 Å². The molecular weight excluding hydrogens is 434 g/mol. The van der Waals surface area contributed by atoms with E-state index >= 15 is 0 Å². The molecule has 7 nitrogen and oxygen atoms in total. The van der Waals surface area contributed by atoms with Crippen LogP contribution in [0.25, 0.3) is 10.2 Å². The number of nitrogens with zero attached hydrogens (tertiary/aromatic N) is 2. The molecule has 9 heteroatoms. The maximum Gasteiger partial charge on any atom is 0.243 e. The first-order valence-corrected chi connectivity index (χ1v) is 12.7. The van der Waals surface area contributed by atoms with E-state index in [1.165, 1.54) is 4.31 Å². The maximum absolute atomic E-state index is 13.2. The average molecular weight is 458 g/mol. The fourth-order valence-electron chi connectivity index (χ4n) is 4.38. The summed E-state index contributed by atoms with van der Waals surface area (Å²) in [5.41, 5.74) is 4.28. The maximum atomic E-state index is 13.2. The van der Waals surface area contributed by atoms with E-state index in [-0.39, 0.29) is 17.9 Å². The number of carbonyl (C=O) groups excluding carboxylic acids is 1. The van der Waals surface area contributed by atoms with Crippen molar-refractivity contribution in [2.24, 2.45) is 5.92 Å². The minimum absolute atomic E-state index is 0.0758. The van der Waals surface area contributed by atoms with Crippen molar-refractivity contribution in [2.45, 2.75) is 37.1 Å². The normalized spacial score (nSPS) is 21.6. The van der Waals surface area contributed by atoms with E-state index in [9.17, 15) is 13.2 Å². The van der Waals surface area contributed by atoms with Gasteiger partial charge in [-0.05, 0) is 61.7 Å². The van der Waals surface area contributed by atoms with Gasteiger partial charge in [-0.2, -0.15) is 4.31 Å². The fourth-order valence-corrected chi connectivity index (χ4v) is 6.75. The Bertz CT molecular complexity index is 1250. The summed E-state index contributed by atoms with van der Waals surface area (Å²) in [7, 11) is -3.62. The molecule has 1 amide bonds. The summed E-state index contributed by atoms with van der Waals surface area (Å²) in [6.45, 7) is 2.78. The number of rotatable bonds is 4. The standard InChI is InChI=1S/C22H23N3O4S2/c1-14-10-16(22(26)24-17-2-5-21-19(12-17)23-13-30-21)6-8-25(14)31(27,28)18-3-4-20-15(11-18)7-9-29-20/h2-5,11-14,16H,6-10H2,1H3,(H,24,26)/t14-,16+/m0/s1. The number of amides is 1. The molecule has 0 spiro atoms. The lowest BCUT2D eigenvalue weighted by Crippen LogP contribution is -2.46. The van der Waals surface area contributed by atoms with Gasteiger partial charge in [0.2, 0.25) is 15.9 Å². The number of nitrogens with one attached hydrogen (secondary N) is 1. The molecule has 1 fully saturated rings. The molecule has 1 aromatic heterocycles. The minimum atomic E-state index is -3.62. The molecule has 0 bridgehead atoms. The number of ether oxygens (including phenoxy) is 1. The zero-order chi connectivity index (χ0) is 21.6. The molecule has 162 valence electrons. The number of sulfonamides is 1. The van der Waals surface area contributed by atoms with Crippen LogP contribution >= 0.6 is 11.3 Å². The summed E-state index contributed by atoms with van der Waals surface area (Å²) in [5.74, 6) is 0.451. The van der Waals surface area contributed by atoms with Crippen LogP contribution in [-0.2, 0) is 21.2 Å². The minimum Gasteiger partial charge on any atom is -0.493 e. The van der Waals surface area contributed by atoms with Gasteiger partial charge in [-0.15, -0.1) is 11.3 Å². The number of hydrogen-bond acceptors (Lipinski definition) is 6. The molecule has 1 N–H and O–H groups in total. The van der Waals surface area contributed by atoms with E-state index in [0.29, 0.717) is 36.6 Å².